The van der Waals surface area contributed by atoms with Gasteiger partial charge in [0.2, 0.25) is 10.0 Å². The summed E-state index contributed by atoms with van der Waals surface area (Å²) in [4.78, 5) is 0. The number of hydrogen-bond acceptors (Lipinski definition) is 2. The van der Waals surface area contributed by atoms with Crippen LogP contribution in [0.5, 0.6) is 0 Å². The van der Waals surface area contributed by atoms with E-state index in [-0.39, 0.29) is 0 Å². The molecule has 0 saturated carbocycles. The molecule has 1 aliphatic rings. The van der Waals surface area contributed by atoms with Gasteiger partial charge in [-0.05, 0) is 43.9 Å². The van der Waals surface area contributed by atoms with Crippen LogP contribution < -0.4 is 0 Å². The van der Waals surface area contributed by atoms with E-state index in [1.807, 2.05) is 50.3 Å². The number of aryl methyl sites for hydroxylation is 1. The number of benzene rings is 1. The maximum atomic E-state index is 13.5. The highest BCUT2D eigenvalue weighted by atomic mass is 32.2. The minimum absolute atomic E-state index is 0.485. The van der Waals surface area contributed by atoms with Crippen molar-refractivity contribution in [2.75, 3.05) is 0 Å². The fraction of sp³-hybridized carbons (Fsp3) is 0.300. The largest absolute Gasteiger partial charge is 0.248 e. The van der Waals surface area contributed by atoms with Crippen molar-refractivity contribution in [3.63, 3.8) is 0 Å². The molecule has 2 aromatic rings. The van der Waals surface area contributed by atoms with Gasteiger partial charge in [0.1, 0.15) is 4.75 Å². The van der Waals surface area contributed by atoms with Crippen LogP contribution >= 0.6 is 0 Å². The number of allylic oxidation sites excluding steroid dienone is 3. The fourth-order valence-electron chi connectivity index (χ4n) is 3.36. The highest BCUT2D eigenvalue weighted by molar-refractivity contribution is 7.91. The van der Waals surface area contributed by atoms with Gasteiger partial charge < -0.3 is 0 Å². The Hall–Kier alpha value is -2.07. The van der Waals surface area contributed by atoms with Gasteiger partial charge in [-0.2, -0.15) is 0 Å². The molecule has 0 radical (unpaired) electrons. The van der Waals surface area contributed by atoms with Crippen LogP contribution in [0.4, 0.5) is 0 Å². The van der Waals surface area contributed by atoms with Gasteiger partial charge in [0.15, 0.2) is 0 Å². The predicted octanol–water partition coefficient (Wildman–Crippen LogP) is 4.83. The molecule has 1 atom stereocenters. The summed E-state index contributed by atoms with van der Waals surface area (Å²) in [6.07, 6.45) is 10.6. The Kier molecular flexibility index (Phi) is 4.04. The van der Waals surface area contributed by atoms with Crippen LogP contribution in [-0.2, 0) is 10.0 Å². The molecule has 126 valence electrons. The Bertz CT molecular complexity index is 976. The molecule has 0 N–H and O–H groups in total. The monoisotopic (exact) mass is 341 g/mol. The van der Waals surface area contributed by atoms with Gasteiger partial charge in [0, 0.05) is 11.6 Å². The molecule has 0 bridgehead atoms. The Morgan fingerprint density at radius 1 is 1.33 bits per heavy atom. The highest BCUT2D eigenvalue weighted by Gasteiger charge is 2.39. The molecule has 1 aliphatic carbocycles. The lowest BCUT2D eigenvalue weighted by Crippen LogP contribution is -2.38. The molecule has 24 heavy (non-hydrogen) atoms. The quantitative estimate of drug-likeness (QED) is 0.799. The minimum Gasteiger partial charge on any atom is -0.244 e. The summed E-state index contributed by atoms with van der Waals surface area (Å²) in [6.45, 7) is 9.62. The van der Waals surface area contributed by atoms with Gasteiger partial charge in [-0.3, -0.25) is 0 Å². The van der Waals surface area contributed by atoms with Crippen molar-refractivity contribution in [2.45, 2.75) is 38.4 Å². The van der Waals surface area contributed by atoms with Gasteiger partial charge in [0.25, 0.3) is 0 Å². The molecule has 0 spiro atoms. The molecule has 1 aromatic carbocycles. The summed E-state index contributed by atoms with van der Waals surface area (Å²) >= 11 is 0. The second kappa shape index (κ2) is 5.78. The van der Waals surface area contributed by atoms with Gasteiger partial charge in [-0.15, -0.1) is 0 Å². The lowest BCUT2D eigenvalue weighted by atomic mass is 9.96. The van der Waals surface area contributed by atoms with E-state index in [2.05, 4.69) is 6.58 Å². The Labute approximate surface area is 144 Å². The predicted molar refractivity (Wildman–Crippen MR) is 102 cm³/mol. The molecule has 1 unspecified atom stereocenters. The van der Waals surface area contributed by atoms with Crippen LogP contribution in [0.2, 0.25) is 0 Å². The van der Waals surface area contributed by atoms with Gasteiger partial charge in [-0.25, -0.2) is 12.4 Å². The van der Waals surface area contributed by atoms with Crippen molar-refractivity contribution < 1.29 is 8.42 Å². The highest BCUT2D eigenvalue weighted by Crippen LogP contribution is 2.35. The molecule has 0 aliphatic heterocycles. The molecule has 1 heterocycles. The van der Waals surface area contributed by atoms with E-state index in [9.17, 15) is 8.42 Å². The number of fused-ring (bicyclic) bond motifs is 1. The Morgan fingerprint density at radius 2 is 2.08 bits per heavy atom. The summed E-state index contributed by atoms with van der Waals surface area (Å²) < 4.78 is 27.4. The third-order valence-electron chi connectivity index (χ3n) is 4.87. The molecular formula is C20H23NO2S. The molecular weight excluding hydrogens is 318 g/mol. The van der Waals surface area contributed by atoms with E-state index in [1.54, 1.807) is 19.2 Å². The fourth-order valence-corrected chi connectivity index (χ4v) is 5.12. The lowest BCUT2D eigenvalue weighted by Gasteiger charge is -2.29. The van der Waals surface area contributed by atoms with Gasteiger partial charge in [-0.1, -0.05) is 55.5 Å². The maximum absolute atomic E-state index is 13.5. The second-order valence-electron chi connectivity index (χ2n) is 6.55. The van der Waals surface area contributed by atoms with Crippen LogP contribution in [0.25, 0.3) is 17.0 Å². The first-order valence-electron chi connectivity index (χ1n) is 8.20. The van der Waals surface area contributed by atoms with Crippen molar-refractivity contribution in [3.05, 3.63) is 65.9 Å². The zero-order valence-corrected chi connectivity index (χ0v) is 15.2. The van der Waals surface area contributed by atoms with Crippen LogP contribution in [0.15, 0.2) is 54.8 Å². The molecule has 0 fully saturated rings. The topological polar surface area (TPSA) is 39.1 Å². The second-order valence-corrected chi connectivity index (χ2v) is 8.82. The first kappa shape index (κ1) is 16.8. The van der Waals surface area contributed by atoms with Crippen molar-refractivity contribution in [3.8, 4) is 0 Å². The summed E-state index contributed by atoms with van der Waals surface area (Å²) in [6, 6.07) is 5.78. The number of aromatic nitrogens is 1. The third-order valence-corrected chi connectivity index (χ3v) is 7.16. The SMILES string of the molecule is C=Cc1ccc(C)c2c1ccn2S(=O)(=O)C1(C)C=C(CC)C=CC1. The van der Waals surface area contributed by atoms with Crippen LogP contribution in [-0.4, -0.2) is 17.1 Å². The molecule has 1 aromatic heterocycles. The molecule has 0 saturated heterocycles. The van der Waals surface area contributed by atoms with Crippen molar-refractivity contribution >= 4 is 27.0 Å². The maximum Gasteiger partial charge on any atom is 0.248 e. The Balaban J connectivity index is 2.26. The zero-order valence-electron chi connectivity index (χ0n) is 14.4. The molecule has 3 rings (SSSR count). The average molecular weight is 341 g/mol. The smallest absolute Gasteiger partial charge is 0.244 e. The van der Waals surface area contributed by atoms with E-state index >= 15 is 0 Å². The first-order chi connectivity index (χ1) is 11.3. The van der Waals surface area contributed by atoms with Crippen molar-refractivity contribution in [1.29, 1.82) is 0 Å². The Morgan fingerprint density at radius 3 is 2.75 bits per heavy atom. The van der Waals surface area contributed by atoms with Crippen molar-refractivity contribution in [1.82, 2.24) is 3.97 Å². The first-order valence-corrected chi connectivity index (χ1v) is 9.64. The van der Waals surface area contributed by atoms with Crippen molar-refractivity contribution in [2.24, 2.45) is 0 Å². The van der Waals surface area contributed by atoms with Crippen LogP contribution in [0, 0.1) is 6.92 Å². The molecule has 3 nitrogen and oxygen atoms in total. The van der Waals surface area contributed by atoms with E-state index in [0.717, 1.165) is 34.0 Å². The zero-order chi connectivity index (χ0) is 17.5. The van der Waals surface area contributed by atoms with E-state index in [4.69, 9.17) is 0 Å². The van der Waals surface area contributed by atoms with E-state index < -0.39 is 14.8 Å². The summed E-state index contributed by atoms with van der Waals surface area (Å²) in [7, 11) is -3.58. The summed E-state index contributed by atoms with van der Waals surface area (Å²) in [5, 5.41) is 0.920. The molecule has 4 heteroatoms. The number of nitrogens with zero attached hydrogens (tertiary/aromatic N) is 1. The minimum atomic E-state index is -3.58. The number of rotatable bonds is 4. The van der Waals surface area contributed by atoms with Gasteiger partial charge in [0.05, 0.1) is 5.52 Å². The lowest BCUT2D eigenvalue weighted by molar-refractivity contribution is 0.553. The normalized spacial score (nSPS) is 21.0. The third kappa shape index (κ3) is 2.37. The standard InChI is InChI=1S/C20H23NO2S/c1-5-16-8-7-12-20(4,14-16)24(22,23)21-13-11-18-17(6-2)10-9-15(3)19(18)21/h6-11,13-14H,2,5,12H2,1,3-4H3. The van der Waals surface area contributed by atoms with Crippen LogP contribution in [0.3, 0.4) is 0 Å². The van der Waals surface area contributed by atoms with Crippen LogP contribution in [0.1, 0.15) is 37.8 Å². The summed E-state index contributed by atoms with van der Waals surface area (Å²) in [5.74, 6) is 0. The number of hydrogen-bond donors (Lipinski definition) is 0. The molecule has 0 amide bonds. The van der Waals surface area contributed by atoms with E-state index in [0.29, 0.717) is 6.42 Å². The summed E-state index contributed by atoms with van der Waals surface area (Å²) in [5.41, 5.74) is 3.70. The average Bonchev–Trinajstić information content (AvgIpc) is 3.02. The van der Waals surface area contributed by atoms with E-state index in [1.165, 1.54) is 3.97 Å². The van der Waals surface area contributed by atoms with Gasteiger partial charge >= 0.3 is 0 Å².